The number of benzene rings is 3. The molecule has 3 aromatic rings. The topological polar surface area (TPSA) is 26.0 Å². The first-order valence-electron chi connectivity index (χ1n) is 8.72. The fourth-order valence-corrected chi connectivity index (χ4v) is 4.14. The van der Waals surface area contributed by atoms with E-state index >= 15 is 0 Å². The monoisotopic (exact) mass is 335 g/mol. The molecule has 0 saturated carbocycles. The first-order chi connectivity index (χ1) is 12.7. The van der Waals surface area contributed by atoms with Crippen molar-refractivity contribution in [2.24, 2.45) is 5.73 Å². The third-order valence-corrected chi connectivity index (χ3v) is 5.13. The molecule has 3 aromatic carbocycles. The number of hydrogen-bond donors (Lipinski definition) is 1. The van der Waals surface area contributed by atoms with Crippen molar-refractivity contribution >= 4 is 5.57 Å². The highest BCUT2D eigenvalue weighted by Crippen LogP contribution is 2.56. The summed E-state index contributed by atoms with van der Waals surface area (Å²) in [4.78, 5) is 0. The second-order valence-electron chi connectivity index (χ2n) is 6.64. The van der Waals surface area contributed by atoms with E-state index in [0.717, 1.165) is 16.7 Å². The number of hydrogen-bond acceptors (Lipinski definition) is 1. The maximum atomic E-state index is 6.03. The number of allylic oxidation sites excluding steroid dienone is 3. The predicted molar refractivity (Wildman–Crippen MR) is 110 cm³/mol. The fourth-order valence-electron chi connectivity index (χ4n) is 4.14. The smallest absolute Gasteiger partial charge is 0.0714 e. The van der Waals surface area contributed by atoms with E-state index in [2.05, 4.69) is 86.0 Å². The van der Waals surface area contributed by atoms with Crippen LogP contribution in [0.15, 0.2) is 115 Å². The Morgan fingerprint density at radius 2 is 1.27 bits per heavy atom. The van der Waals surface area contributed by atoms with Gasteiger partial charge in [0.1, 0.15) is 0 Å². The first-order valence-corrected chi connectivity index (χ1v) is 8.72. The van der Waals surface area contributed by atoms with Gasteiger partial charge in [0.15, 0.2) is 0 Å². The number of nitrogens with two attached hydrogens (primary N) is 1. The third-order valence-electron chi connectivity index (χ3n) is 5.13. The van der Waals surface area contributed by atoms with Crippen LogP contribution in [0, 0.1) is 0 Å². The summed E-state index contributed by atoms with van der Waals surface area (Å²) < 4.78 is 0. The summed E-state index contributed by atoms with van der Waals surface area (Å²) in [5.74, 6) is 0. The fraction of sp³-hybridized carbons (Fsp3) is 0.0400. The van der Waals surface area contributed by atoms with Gasteiger partial charge < -0.3 is 5.73 Å². The van der Waals surface area contributed by atoms with Crippen LogP contribution in [0.4, 0.5) is 0 Å². The molecule has 4 rings (SSSR count). The van der Waals surface area contributed by atoms with Crippen molar-refractivity contribution in [2.45, 2.75) is 5.41 Å². The Labute approximate surface area is 154 Å². The Morgan fingerprint density at radius 3 is 1.81 bits per heavy atom. The van der Waals surface area contributed by atoms with Crippen LogP contribution in [0.5, 0.6) is 0 Å². The summed E-state index contributed by atoms with van der Waals surface area (Å²) in [6.45, 7) is 8.34. The minimum Gasteiger partial charge on any atom is -0.399 e. The Balaban J connectivity index is 2.18. The first kappa shape index (κ1) is 16.2. The summed E-state index contributed by atoms with van der Waals surface area (Å²) in [5.41, 5.74) is 13.0. The van der Waals surface area contributed by atoms with Crippen molar-refractivity contribution < 1.29 is 0 Å². The average Bonchev–Trinajstić information content (AvgIpc) is 2.92. The van der Waals surface area contributed by atoms with Crippen molar-refractivity contribution in [3.8, 4) is 0 Å². The Kier molecular flexibility index (Phi) is 3.85. The average molecular weight is 335 g/mol. The zero-order valence-electron chi connectivity index (χ0n) is 14.7. The highest BCUT2D eigenvalue weighted by Gasteiger charge is 2.47. The second kappa shape index (κ2) is 6.20. The Bertz CT molecular complexity index is 971. The lowest BCUT2D eigenvalue weighted by atomic mass is 9.67. The molecule has 0 heterocycles. The van der Waals surface area contributed by atoms with Gasteiger partial charge in [-0.3, -0.25) is 0 Å². The van der Waals surface area contributed by atoms with Gasteiger partial charge >= 0.3 is 0 Å². The lowest BCUT2D eigenvalue weighted by molar-refractivity contribution is 0.768. The molecule has 0 atom stereocenters. The molecule has 1 nitrogen and oxygen atoms in total. The molecule has 0 spiro atoms. The molecule has 126 valence electrons. The molecule has 0 saturated heterocycles. The zero-order chi connectivity index (χ0) is 18.1. The highest BCUT2D eigenvalue weighted by molar-refractivity contribution is 5.93. The molecule has 0 radical (unpaired) electrons. The van der Waals surface area contributed by atoms with Crippen LogP contribution in [-0.2, 0) is 5.41 Å². The van der Waals surface area contributed by atoms with Gasteiger partial charge in [0.05, 0.1) is 5.41 Å². The van der Waals surface area contributed by atoms with Gasteiger partial charge in [-0.25, -0.2) is 0 Å². The summed E-state index contributed by atoms with van der Waals surface area (Å²) >= 11 is 0. The summed E-state index contributed by atoms with van der Waals surface area (Å²) in [5, 5.41) is 0. The molecule has 0 bridgehead atoms. The highest BCUT2D eigenvalue weighted by atomic mass is 14.6. The van der Waals surface area contributed by atoms with Crippen molar-refractivity contribution in [3.05, 3.63) is 138 Å². The maximum absolute atomic E-state index is 6.03. The molecule has 0 aromatic heterocycles. The lowest BCUT2D eigenvalue weighted by Gasteiger charge is -2.34. The summed E-state index contributed by atoms with van der Waals surface area (Å²) in [7, 11) is 0. The van der Waals surface area contributed by atoms with Gasteiger partial charge in [-0.05, 0) is 39.5 Å². The Morgan fingerprint density at radius 1 is 0.769 bits per heavy atom. The molecule has 1 aliphatic carbocycles. The van der Waals surface area contributed by atoms with E-state index in [1.54, 1.807) is 0 Å². The van der Waals surface area contributed by atoms with Gasteiger partial charge in [-0.2, -0.15) is 0 Å². The summed E-state index contributed by atoms with van der Waals surface area (Å²) in [6.07, 6.45) is 1.97. The molecule has 0 fully saturated rings. The van der Waals surface area contributed by atoms with E-state index in [4.69, 9.17) is 5.73 Å². The van der Waals surface area contributed by atoms with E-state index in [1.807, 2.05) is 18.2 Å². The van der Waals surface area contributed by atoms with Crippen molar-refractivity contribution in [1.82, 2.24) is 0 Å². The van der Waals surface area contributed by atoms with Gasteiger partial charge in [-0.15, -0.1) is 0 Å². The van der Waals surface area contributed by atoms with Crippen LogP contribution >= 0.6 is 0 Å². The van der Waals surface area contributed by atoms with E-state index < -0.39 is 5.41 Å². The third kappa shape index (κ3) is 2.25. The van der Waals surface area contributed by atoms with E-state index in [-0.39, 0.29) is 0 Å². The van der Waals surface area contributed by atoms with Crippen LogP contribution in [0.3, 0.4) is 0 Å². The van der Waals surface area contributed by atoms with Crippen LogP contribution in [0.1, 0.15) is 22.3 Å². The minimum absolute atomic E-state index is 0.446. The molecule has 1 heteroatoms. The van der Waals surface area contributed by atoms with Gasteiger partial charge in [0, 0.05) is 5.70 Å². The molecule has 1 aliphatic rings. The second-order valence-corrected chi connectivity index (χ2v) is 6.64. The van der Waals surface area contributed by atoms with Crippen molar-refractivity contribution in [3.63, 3.8) is 0 Å². The normalized spacial score (nSPS) is 16.5. The number of rotatable bonds is 3. The van der Waals surface area contributed by atoms with Crippen LogP contribution in [0.2, 0.25) is 0 Å². The summed E-state index contributed by atoms with van der Waals surface area (Å²) in [6, 6.07) is 29.6. The quantitative estimate of drug-likeness (QED) is 0.677. The predicted octanol–water partition coefficient (Wildman–Crippen LogP) is 5.45. The minimum atomic E-state index is -0.446. The van der Waals surface area contributed by atoms with Crippen LogP contribution in [0.25, 0.3) is 5.57 Å². The van der Waals surface area contributed by atoms with E-state index in [0.29, 0.717) is 5.70 Å². The van der Waals surface area contributed by atoms with Crippen molar-refractivity contribution in [1.29, 1.82) is 0 Å². The molecule has 0 unspecified atom stereocenters. The zero-order valence-corrected chi connectivity index (χ0v) is 14.7. The molecule has 0 aliphatic heterocycles. The standard InChI is InChI=1S/C25H21N/c1-18(26)17-24-19(2)22-15-9-10-16-23(22)25(24,20-11-5-3-6-12-20)21-13-7-4-8-14-21/h3-17H,1-2,26H2/b24-17+. The maximum Gasteiger partial charge on any atom is 0.0714 e. The molecule has 26 heavy (non-hydrogen) atoms. The van der Waals surface area contributed by atoms with Crippen LogP contribution < -0.4 is 5.73 Å². The van der Waals surface area contributed by atoms with Gasteiger partial charge in [0.25, 0.3) is 0 Å². The van der Waals surface area contributed by atoms with Crippen molar-refractivity contribution in [2.75, 3.05) is 0 Å². The molecule has 2 N–H and O–H groups in total. The molecular formula is C25H21N. The van der Waals surface area contributed by atoms with Gasteiger partial charge in [-0.1, -0.05) is 98.1 Å². The van der Waals surface area contributed by atoms with Crippen LogP contribution in [-0.4, -0.2) is 0 Å². The number of fused-ring (bicyclic) bond motifs is 1. The molecule has 0 amide bonds. The van der Waals surface area contributed by atoms with E-state index in [9.17, 15) is 0 Å². The van der Waals surface area contributed by atoms with Gasteiger partial charge in [0.2, 0.25) is 0 Å². The lowest BCUT2D eigenvalue weighted by Crippen LogP contribution is -2.28. The van der Waals surface area contributed by atoms with E-state index in [1.165, 1.54) is 16.7 Å². The Hall–Kier alpha value is -3.32. The molecular weight excluding hydrogens is 314 g/mol. The SMILES string of the molecule is C=C(N)/C=C1\C(=C)c2ccccc2C1(c1ccccc1)c1ccccc1. The largest absolute Gasteiger partial charge is 0.399 e.